The first-order valence-corrected chi connectivity index (χ1v) is 8.51. The average Bonchev–Trinajstić information content (AvgIpc) is 2.53. The van der Waals surface area contributed by atoms with Crippen molar-refractivity contribution in [3.05, 3.63) is 35.4 Å². The summed E-state index contributed by atoms with van der Waals surface area (Å²) in [6.07, 6.45) is 1.16. The molecule has 1 amide bonds. The van der Waals surface area contributed by atoms with Crippen molar-refractivity contribution < 1.29 is 19.4 Å². The van der Waals surface area contributed by atoms with Gasteiger partial charge in [-0.2, -0.15) is 0 Å². The van der Waals surface area contributed by atoms with Gasteiger partial charge >= 0.3 is 5.97 Å². The zero-order valence-corrected chi connectivity index (χ0v) is 14.9. The van der Waals surface area contributed by atoms with E-state index in [1.807, 2.05) is 52.0 Å². The van der Waals surface area contributed by atoms with Crippen molar-refractivity contribution in [1.82, 2.24) is 5.32 Å². The van der Waals surface area contributed by atoms with Gasteiger partial charge in [0, 0.05) is 18.4 Å². The number of carboxylic acids is 1. The van der Waals surface area contributed by atoms with Gasteiger partial charge < -0.3 is 15.2 Å². The van der Waals surface area contributed by atoms with Crippen molar-refractivity contribution in [2.45, 2.75) is 58.6 Å². The predicted molar refractivity (Wildman–Crippen MR) is 91.8 cm³/mol. The number of ether oxygens (including phenoxy) is 1. The van der Waals surface area contributed by atoms with Gasteiger partial charge in [-0.3, -0.25) is 4.79 Å². The molecule has 24 heavy (non-hydrogen) atoms. The summed E-state index contributed by atoms with van der Waals surface area (Å²) in [5.74, 6) is -1.26. The number of aliphatic carboxylic acids is 1. The summed E-state index contributed by atoms with van der Waals surface area (Å²) in [4.78, 5) is 24.4. The van der Waals surface area contributed by atoms with E-state index in [4.69, 9.17) is 4.74 Å². The van der Waals surface area contributed by atoms with Crippen LogP contribution in [0.15, 0.2) is 24.3 Å². The Kier molecular flexibility index (Phi) is 5.33. The molecule has 2 atom stereocenters. The third kappa shape index (κ3) is 3.05. The second-order valence-electron chi connectivity index (χ2n) is 6.93. The Morgan fingerprint density at radius 1 is 1.25 bits per heavy atom. The topological polar surface area (TPSA) is 75.6 Å². The lowest BCUT2D eigenvalue weighted by atomic mass is 9.54. The normalized spacial score (nSPS) is 24.9. The Morgan fingerprint density at radius 2 is 1.88 bits per heavy atom. The third-order valence-corrected chi connectivity index (χ3v) is 5.33. The van der Waals surface area contributed by atoms with E-state index < -0.39 is 16.9 Å². The van der Waals surface area contributed by atoms with E-state index in [1.165, 1.54) is 0 Å². The van der Waals surface area contributed by atoms with Gasteiger partial charge in [0.05, 0.1) is 12.5 Å². The molecular weight excluding hydrogens is 306 g/mol. The highest BCUT2D eigenvalue weighted by Gasteiger charge is 2.66. The van der Waals surface area contributed by atoms with Crippen LogP contribution in [-0.4, -0.2) is 35.2 Å². The van der Waals surface area contributed by atoms with E-state index in [-0.39, 0.29) is 18.4 Å². The fraction of sp³-hybridized carbons (Fsp3) is 0.579. The molecule has 1 aliphatic carbocycles. The van der Waals surface area contributed by atoms with Gasteiger partial charge in [0.1, 0.15) is 5.54 Å². The molecule has 1 aromatic carbocycles. The van der Waals surface area contributed by atoms with Crippen LogP contribution in [0.1, 0.15) is 45.2 Å². The quantitative estimate of drug-likeness (QED) is 0.804. The smallest absolute Gasteiger partial charge is 0.330 e. The Labute approximate surface area is 143 Å². The number of nitrogens with one attached hydrogen (secondary N) is 1. The molecule has 1 saturated carbocycles. The molecular formula is C19H27NO4. The molecule has 0 saturated heterocycles. The second kappa shape index (κ2) is 6.93. The Morgan fingerprint density at radius 3 is 2.38 bits per heavy atom. The zero-order valence-electron chi connectivity index (χ0n) is 14.9. The van der Waals surface area contributed by atoms with E-state index in [0.717, 1.165) is 17.5 Å². The van der Waals surface area contributed by atoms with Crippen LogP contribution < -0.4 is 5.32 Å². The Bertz CT molecular complexity index is 626. The fourth-order valence-corrected chi connectivity index (χ4v) is 3.57. The predicted octanol–water partition coefficient (Wildman–Crippen LogP) is 2.57. The van der Waals surface area contributed by atoms with Crippen LogP contribution in [-0.2, 0) is 27.2 Å². The lowest BCUT2D eigenvalue weighted by molar-refractivity contribution is -0.194. The molecule has 5 heteroatoms. The molecule has 0 radical (unpaired) electrons. The van der Waals surface area contributed by atoms with Crippen molar-refractivity contribution in [1.29, 1.82) is 0 Å². The fourth-order valence-electron chi connectivity index (χ4n) is 3.57. The largest absolute Gasteiger partial charge is 0.479 e. The molecule has 2 N–H and O–H groups in total. The summed E-state index contributed by atoms with van der Waals surface area (Å²) in [5.41, 5.74) is 0.119. The van der Waals surface area contributed by atoms with Crippen molar-refractivity contribution in [3.63, 3.8) is 0 Å². The molecule has 0 spiro atoms. The molecule has 0 heterocycles. The number of amides is 1. The maximum atomic E-state index is 12.5. The molecule has 0 bridgehead atoms. The van der Waals surface area contributed by atoms with Gasteiger partial charge in [-0.05, 0) is 24.5 Å². The molecule has 0 aliphatic heterocycles. The minimum absolute atomic E-state index is 0.165. The van der Waals surface area contributed by atoms with Crippen LogP contribution in [0.5, 0.6) is 0 Å². The molecule has 5 nitrogen and oxygen atoms in total. The number of aryl methyl sites for hydroxylation is 1. The Balaban J connectivity index is 2.15. The number of carbonyl (C=O) groups excluding carboxylic acids is 1. The summed E-state index contributed by atoms with van der Waals surface area (Å²) in [7, 11) is 0. The van der Waals surface area contributed by atoms with Gasteiger partial charge in [-0.15, -0.1) is 0 Å². The van der Waals surface area contributed by atoms with Crippen LogP contribution in [0.25, 0.3) is 0 Å². The van der Waals surface area contributed by atoms with Gasteiger partial charge in [0.15, 0.2) is 0 Å². The third-order valence-electron chi connectivity index (χ3n) is 5.33. The van der Waals surface area contributed by atoms with Crippen molar-refractivity contribution in [2.24, 2.45) is 5.41 Å². The minimum Gasteiger partial charge on any atom is -0.479 e. The van der Waals surface area contributed by atoms with Crippen LogP contribution in [0.3, 0.4) is 0 Å². The monoisotopic (exact) mass is 333 g/mol. The number of carbonyl (C=O) groups is 2. The maximum absolute atomic E-state index is 12.5. The minimum atomic E-state index is -1.27. The van der Waals surface area contributed by atoms with Crippen molar-refractivity contribution in [3.8, 4) is 0 Å². The van der Waals surface area contributed by atoms with Crippen LogP contribution in [0, 0.1) is 5.41 Å². The van der Waals surface area contributed by atoms with Gasteiger partial charge in [-0.1, -0.05) is 45.0 Å². The van der Waals surface area contributed by atoms with E-state index >= 15 is 0 Å². The second-order valence-corrected chi connectivity index (χ2v) is 6.93. The van der Waals surface area contributed by atoms with Gasteiger partial charge in [0.2, 0.25) is 5.91 Å². The standard InChI is InChI=1S/C19H27NO4/c1-5-13-9-7-8-10-14(13)11-16(21)20-19(17(22)23)12-15(24-6-2)18(19,3)4/h7-10,15H,5-6,11-12H2,1-4H3,(H,20,21)(H,22,23). The molecule has 1 fully saturated rings. The van der Waals surface area contributed by atoms with Gasteiger partial charge in [0.25, 0.3) is 0 Å². The average molecular weight is 333 g/mol. The molecule has 2 rings (SSSR count). The molecule has 2 unspecified atom stereocenters. The number of benzene rings is 1. The lowest BCUT2D eigenvalue weighted by Crippen LogP contribution is -2.76. The summed E-state index contributed by atoms with van der Waals surface area (Å²) in [6.45, 7) is 8.13. The van der Waals surface area contributed by atoms with Crippen molar-refractivity contribution in [2.75, 3.05) is 6.61 Å². The SMILES string of the molecule is CCOC1CC(NC(=O)Cc2ccccc2CC)(C(=O)O)C1(C)C. The number of hydrogen-bond donors (Lipinski definition) is 2. The summed E-state index contributed by atoms with van der Waals surface area (Å²) in [6, 6.07) is 7.75. The van der Waals surface area contributed by atoms with Crippen LogP contribution in [0.2, 0.25) is 0 Å². The first-order valence-electron chi connectivity index (χ1n) is 8.51. The van der Waals surface area contributed by atoms with E-state index in [1.54, 1.807) is 0 Å². The summed E-state index contributed by atoms with van der Waals surface area (Å²) < 4.78 is 5.62. The summed E-state index contributed by atoms with van der Waals surface area (Å²) in [5, 5.41) is 12.5. The zero-order chi connectivity index (χ0) is 18.0. The van der Waals surface area contributed by atoms with E-state index in [2.05, 4.69) is 5.32 Å². The van der Waals surface area contributed by atoms with E-state index in [9.17, 15) is 14.7 Å². The lowest BCUT2D eigenvalue weighted by Gasteiger charge is -2.58. The first-order chi connectivity index (χ1) is 11.3. The highest BCUT2D eigenvalue weighted by Crippen LogP contribution is 2.51. The van der Waals surface area contributed by atoms with Crippen molar-refractivity contribution >= 4 is 11.9 Å². The molecule has 1 aromatic rings. The van der Waals surface area contributed by atoms with Gasteiger partial charge in [-0.25, -0.2) is 4.79 Å². The van der Waals surface area contributed by atoms with E-state index in [0.29, 0.717) is 13.0 Å². The number of carboxylic acid groups (broad SMARTS) is 1. The molecule has 1 aliphatic rings. The Hall–Kier alpha value is -1.88. The number of hydrogen-bond acceptors (Lipinski definition) is 3. The van der Waals surface area contributed by atoms with Crippen LogP contribution >= 0.6 is 0 Å². The first kappa shape index (κ1) is 18.5. The highest BCUT2D eigenvalue weighted by atomic mass is 16.5. The highest BCUT2D eigenvalue weighted by molar-refractivity contribution is 5.90. The van der Waals surface area contributed by atoms with Crippen LogP contribution in [0.4, 0.5) is 0 Å². The molecule has 0 aromatic heterocycles. The number of rotatable bonds is 7. The molecule has 132 valence electrons. The summed E-state index contributed by atoms with van der Waals surface area (Å²) >= 11 is 0. The maximum Gasteiger partial charge on any atom is 0.330 e.